The molecule has 0 saturated carbocycles. The molecule has 0 aliphatic carbocycles. The average Bonchev–Trinajstić information content (AvgIpc) is 3.12. The van der Waals surface area contributed by atoms with Crippen LogP contribution in [0, 0.1) is 6.92 Å². The van der Waals surface area contributed by atoms with E-state index in [0.717, 1.165) is 16.8 Å². The van der Waals surface area contributed by atoms with Gasteiger partial charge in [-0.25, -0.2) is 9.78 Å². The number of aliphatic hydroxyl groups is 1. The summed E-state index contributed by atoms with van der Waals surface area (Å²) in [6.45, 7) is 7.82. The third kappa shape index (κ3) is 3.91. The van der Waals surface area contributed by atoms with Crippen molar-refractivity contribution in [3.8, 4) is 11.4 Å². The van der Waals surface area contributed by atoms with Crippen molar-refractivity contribution < 1.29 is 14.6 Å². The lowest BCUT2D eigenvalue weighted by Crippen LogP contribution is -2.15. The molecule has 2 aromatic heterocycles. The third-order valence-corrected chi connectivity index (χ3v) is 4.39. The average molecular weight is 392 g/mol. The maximum Gasteiger partial charge on any atom is 0.411 e. The number of benzene rings is 1. The highest BCUT2D eigenvalue weighted by Gasteiger charge is 2.24. The zero-order valence-electron chi connectivity index (χ0n) is 15.6. The van der Waals surface area contributed by atoms with Gasteiger partial charge < -0.3 is 9.84 Å². The van der Waals surface area contributed by atoms with E-state index in [1.165, 1.54) is 0 Å². The minimum atomic E-state index is -0.619. The highest BCUT2D eigenvalue weighted by molar-refractivity contribution is 6.34. The Balaban J connectivity index is 1.87. The Kier molecular flexibility index (Phi) is 5.12. The van der Waals surface area contributed by atoms with Crippen molar-refractivity contribution in [1.29, 1.82) is 0 Å². The maximum atomic E-state index is 11.6. The number of H-pyrrole nitrogens is 1. The van der Waals surface area contributed by atoms with Gasteiger partial charge in [-0.05, 0) is 30.7 Å². The lowest BCUT2D eigenvalue weighted by molar-refractivity contribution is 0.131. The molecule has 9 heteroatoms. The van der Waals surface area contributed by atoms with Crippen molar-refractivity contribution in [1.82, 2.24) is 19.8 Å². The van der Waals surface area contributed by atoms with E-state index in [1.807, 2.05) is 13.0 Å². The topological polar surface area (TPSA) is 105 Å². The highest BCUT2D eigenvalue weighted by Crippen LogP contribution is 2.32. The van der Waals surface area contributed by atoms with Gasteiger partial charge in [0.2, 0.25) is 0 Å². The van der Waals surface area contributed by atoms with Crippen molar-refractivity contribution in [2.75, 3.05) is 18.5 Å². The highest BCUT2D eigenvalue weighted by atomic mass is 35.5. The molecule has 0 radical (unpaired) electrons. The van der Waals surface area contributed by atoms with Crippen molar-refractivity contribution in [2.24, 2.45) is 0 Å². The maximum absolute atomic E-state index is 11.6. The number of carbonyl (C=O) groups excluding carboxylic acids is 1. The quantitative estimate of drug-likeness (QED) is 0.631. The summed E-state index contributed by atoms with van der Waals surface area (Å²) in [6, 6.07) is 5.36. The predicted octanol–water partition coefficient (Wildman–Crippen LogP) is 3.52. The lowest BCUT2D eigenvalue weighted by Gasteiger charge is -2.16. The molecule has 0 aliphatic heterocycles. The van der Waals surface area contributed by atoms with Crippen LogP contribution in [0.25, 0.3) is 17.0 Å². The number of rotatable bonds is 4. The fraction of sp³-hybridized carbons (Fsp3) is 0.389. The van der Waals surface area contributed by atoms with Crippen LogP contribution in [0.2, 0.25) is 5.02 Å². The van der Waals surface area contributed by atoms with Crippen LogP contribution in [-0.2, 0) is 10.2 Å². The Morgan fingerprint density at radius 2 is 2.15 bits per heavy atom. The van der Waals surface area contributed by atoms with Gasteiger partial charge in [-0.2, -0.15) is 4.63 Å². The van der Waals surface area contributed by atoms with Gasteiger partial charge in [-0.3, -0.25) is 10.4 Å². The summed E-state index contributed by atoms with van der Waals surface area (Å²) in [4.78, 5) is 16.1. The molecule has 8 nitrogen and oxygen atoms in total. The molecule has 0 spiro atoms. The molecule has 3 N–H and O–H groups in total. The van der Waals surface area contributed by atoms with E-state index in [4.69, 9.17) is 21.4 Å². The number of aromatic nitrogens is 4. The Labute approximate surface area is 161 Å². The monoisotopic (exact) mass is 391 g/mol. The van der Waals surface area contributed by atoms with Crippen LogP contribution in [0.5, 0.6) is 0 Å². The van der Waals surface area contributed by atoms with E-state index < -0.39 is 6.09 Å². The first-order valence-corrected chi connectivity index (χ1v) is 8.89. The predicted molar refractivity (Wildman–Crippen MR) is 103 cm³/mol. The minimum Gasteiger partial charge on any atom is -0.447 e. The van der Waals surface area contributed by atoms with E-state index in [0.29, 0.717) is 22.2 Å². The number of nitrogens with zero attached hydrogens (tertiary/aromatic N) is 3. The van der Waals surface area contributed by atoms with Gasteiger partial charge in [0.1, 0.15) is 11.6 Å². The SMILES string of the molecule is Cc1cc(NC(=O)OCCO)ccc1-c1nc2c(Cl)c(C(C)(C)C)[nH]n2n1. The minimum absolute atomic E-state index is 0.0507. The molecule has 0 fully saturated rings. The van der Waals surface area contributed by atoms with E-state index in [2.05, 4.69) is 41.3 Å². The molecule has 0 bridgehead atoms. The number of amides is 1. The van der Waals surface area contributed by atoms with E-state index in [9.17, 15) is 4.79 Å². The number of carbonyl (C=O) groups is 1. The van der Waals surface area contributed by atoms with E-state index in [1.54, 1.807) is 16.8 Å². The van der Waals surface area contributed by atoms with Crippen molar-refractivity contribution in [3.05, 3.63) is 34.5 Å². The van der Waals surface area contributed by atoms with Crippen LogP contribution in [0.15, 0.2) is 18.2 Å². The molecule has 27 heavy (non-hydrogen) atoms. The summed E-state index contributed by atoms with van der Waals surface area (Å²) in [5, 5.41) is 19.5. The number of halogens is 1. The zero-order valence-corrected chi connectivity index (χ0v) is 16.4. The third-order valence-electron chi connectivity index (χ3n) is 4.03. The van der Waals surface area contributed by atoms with E-state index in [-0.39, 0.29) is 18.6 Å². The number of aryl methyl sites for hydroxylation is 1. The molecular weight excluding hydrogens is 370 g/mol. The number of aromatic amines is 1. The second-order valence-electron chi connectivity index (χ2n) is 7.24. The summed E-state index contributed by atoms with van der Waals surface area (Å²) in [5.74, 6) is 0.538. The Morgan fingerprint density at radius 3 is 2.74 bits per heavy atom. The first-order valence-electron chi connectivity index (χ1n) is 8.51. The molecule has 1 amide bonds. The van der Waals surface area contributed by atoms with Gasteiger partial charge in [0, 0.05) is 16.7 Å². The lowest BCUT2D eigenvalue weighted by atomic mass is 9.92. The van der Waals surface area contributed by atoms with E-state index >= 15 is 0 Å². The van der Waals surface area contributed by atoms with Gasteiger partial charge >= 0.3 is 6.09 Å². The fourth-order valence-corrected chi connectivity index (χ4v) is 3.14. The summed E-state index contributed by atoms with van der Waals surface area (Å²) in [5.41, 5.74) is 3.60. The largest absolute Gasteiger partial charge is 0.447 e. The molecule has 0 aliphatic rings. The summed E-state index contributed by atoms with van der Waals surface area (Å²) in [6.07, 6.45) is -0.619. The van der Waals surface area contributed by atoms with Gasteiger partial charge in [-0.15, -0.1) is 5.10 Å². The number of hydrogen-bond donors (Lipinski definition) is 3. The number of aliphatic hydroxyl groups excluding tert-OH is 1. The first-order chi connectivity index (χ1) is 12.7. The van der Waals surface area contributed by atoms with Crippen molar-refractivity contribution in [3.63, 3.8) is 0 Å². The molecule has 1 aromatic carbocycles. The van der Waals surface area contributed by atoms with Crippen LogP contribution in [-0.4, -0.2) is 44.2 Å². The Morgan fingerprint density at radius 1 is 1.41 bits per heavy atom. The smallest absolute Gasteiger partial charge is 0.411 e. The Hall–Kier alpha value is -2.58. The number of anilines is 1. The zero-order chi connectivity index (χ0) is 19.8. The molecule has 0 unspecified atom stereocenters. The van der Waals surface area contributed by atoms with Gasteiger partial charge in [0.05, 0.1) is 12.3 Å². The second-order valence-corrected chi connectivity index (χ2v) is 7.61. The van der Waals surface area contributed by atoms with Gasteiger partial charge in [0.15, 0.2) is 11.5 Å². The number of fused-ring (bicyclic) bond motifs is 1. The summed E-state index contributed by atoms with van der Waals surface area (Å²) in [7, 11) is 0. The molecular formula is C18H22ClN5O3. The molecule has 0 saturated heterocycles. The van der Waals surface area contributed by atoms with Crippen LogP contribution < -0.4 is 5.32 Å². The number of hydrogen-bond acceptors (Lipinski definition) is 5. The number of nitrogens with one attached hydrogen (secondary N) is 2. The molecule has 3 rings (SSSR count). The fourth-order valence-electron chi connectivity index (χ4n) is 2.69. The molecule has 2 heterocycles. The first kappa shape index (κ1) is 19.2. The van der Waals surface area contributed by atoms with Crippen LogP contribution in [0.4, 0.5) is 10.5 Å². The molecule has 144 valence electrons. The van der Waals surface area contributed by atoms with Gasteiger partial charge in [0.25, 0.3) is 0 Å². The van der Waals surface area contributed by atoms with Crippen molar-refractivity contribution >= 4 is 29.0 Å². The van der Waals surface area contributed by atoms with Crippen LogP contribution in [0.3, 0.4) is 0 Å². The van der Waals surface area contributed by atoms with Crippen LogP contribution >= 0.6 is 11.6 Å². The number of ether oxygens (including phenoxy) is 1. The second kappa shape index (κ2) is 7.21. The van der Waals surface area contributed by atoms with Gasteiger partial charge in [-0.1, -0.05) is 32.4 Å². The standard InChI is InChI=1S/C18H22ClN5O3/c1-10-9-11(20-17(26)27-8-7-25)5-6-12(10)15-21-16-13(19)14(18(2,3)4)22-24(16)23-15/h5-6,9,22,25H,7-8H2,1-4H3,(H,20,26). The molecule has 3 aromatic rings. The summed E-state index contributed by atoms with van der Waals surface area (Å²) >= 11 is 6.47. The molecule has 0 atom stereocenters. The van der Waals surface area contributed by atoms with Crippen molar-refractivity contribution in [2.45, 2.75) is 33.1 Å². The normalized spacial score (nSPS) is 11.8. The van der Waals surface area contributed by atoms with Crippen LogP contribution in [0.1, 0.15) is 32.0 Å². The Bertz CT molecular complexity index is 987. The summed E-state index contributed by atoms with van der Waals surface area (Å²) < 4.78 is 6.36.